The zero-order valence-electron chi connectivity index (χ0n) is 11.3. The smallest absolute Gasteiger partial charge is 0.00965 e. The first-order valence-corrected chi connectivity index (χ1v) is 8.06. The molecule has 1 N–H and O–H groups in total. The molecule has 1 nitrogen and oxygen atoms in total. The summed E-state index contributed by atoms with van der Waals surface area (Å²) in [6.07, 6.45) is 8.67. The summed E-state index contributed by atoms with van der Waals surface area (Å²) in [4.78, 5) is 0. The van der Waals surface area contributed by atoms with Crippen molar-refractivity contribution in [2.24, 2.45) is 5.92 Å². The van der Waals surface area contributed by atoms with Gasteiger partial charge < -0.3 is 5.32 Å². The van der Waals surface area contributed by atoms with Crippen LogP contribution in [0.1, 0.15) is 59.3 Å². The molecule has 1 aliphatic carbocycles. The van der Waals surface area contributed by atoms with Gasteiger partial charge in [0.1, 0.15) is 0 Å². The van der Waals surface area contributed by atoms with Crippen molar-refractivity contribution in [2.75, 3.05) is 18.1 Å². The molecule has 0 aromatic heterocycles. The maximum atomic E-state index is 3.54. The summed E-state index contributed by atoms with van der Waals surface area (Å²) in [5.74, 6) is 3.84. The van der Waals surface area contributed by atoms with Gasteiger partial charge in [0.05, 0.1) is 0 Å². The lowest BCUT2D eigenvalue weighted by atomic mass is 10.1. The highest BCUT2D eigenvalue weighted by molar-refractivity contribution is 7.99. The zero-order valence-corrected chi connectivity index (χ0v) is 12.2. The molecule has 1 rings (SSSR count). The van der Waals surface area contributed by atoms with Gasteiger partial charge in [0.15, 0.2) is 0 Å². The van der Waals surface area contributed by atoms with E-state index in [-0.39, 0.29) is 5.54 Å². The third-order valence-corrected chi connectivity index (χ3v) is 4.48. The van der Waals surface area contributed by atoms with Crippen LogP contribution in [0.4, 0.5) is 0 Å². The van der Waals surface area contributed by atoms with Crippen molar-refractivity contribution < 1.29 is 0 Å². The quantitative estimate of drug-likeness (QED) is 0.676. The van der Waals surface area contributed by atoms with Crippen LogP contribution in [0, 0.1) is 5.92 Å². The Bertz CT molecular complexity index is 168. The molecule has 0 heterocycles. The van der Waals surface area contributed by atoms with Crippen molar-refractivity contribution >= 4 is 11.8 Å². The molecule has 1 saturated carbocycles. The molecule has 0 atom stereocenters. The molecule has 0 spiro atoms. The molecular formula is C14H29NS. The first-order chi connectivity index (χ1) is 7.58. The second-order valence-electron chi connectivity index (χ2n) is 6.11. The first-order valence-electron chi connectivity index (χ1n) is 6.91. The summed E-state index contributed by atoms with van der Waals surface area (Å²) >= 11 is 2.18. The summed E-state index contributed by atoms with van der Waals surface area (Å²) in [6.45, 7) is 7.89. The van der Waals surface area contributed by atoms with Gasteiger partial charge in [-0.15, -0.1) is 0 Å². The fourth-order valence-electron chi connectivity index (χ4n) is 2.22. The van der Waals surface area contributed by atoms with Crippen LogP contribution in [-0.4, -0.2) is 23.6 Å². The SMILES string of the molecule is CC(C)(C)NCCCCSCC1CCCC1. The van der Waals surface area contributed by atoms with Gasteiger partial charge in [-0.2, -0.15) is 11.8 Å². The third kappa shape index (κ3) is 7.56. The molecule has 0 aromatic rings. The lowest BCUT2D eigenvalue weighted by Gasteiger charge is -2.20. The van der Waals surface area contributed by atoms with E-state index in [1.807, 2.05) is 0 Å². The average molecular weight is 243 g/mol. The van der Waals surface area contributed by atoms with Gasteiger partial charge in [-0.3, -0.25) is 0 Å². The molecule has 1 fully saturated rings. The van der Waals surface area contributed by atoms with E-state index in [1.165, 1.54) is 56.6 Å². The molecule has 16 heavy (non-hydrogen) atoms. The predicted molar refractivity (Wildman–Crippen MR) is 76.3 cm³/mol. The monoisotopic (exact) mass is 243 g/mol. The highest BCUT2D eigenvalue weighted by Gasteiger charge is 2.14. The van der Waals surface area contributed by atoms with Crippen LogP contribution in [0.15, 0.2) is 0 Å². The summed E-state index contributed by atoms with van der Waals surface area (Å²) in [6, 6.07) is 0. The van der Waals surface area contributed by atoms with Crippen LogP contribution >= 0.6 is 11.8 Å². The van der Waals surface area contributed by atoms with Crippen molar-refractivity contribution in [3.63, 3.8) is 0 Å². The van der Waals surface area contributed by atoms with Crippen LogP contribution in [0.3, 0.4) is 0 Å². The van der Waals surface area contributed by atoms with E-state index >= 15 is 0 Å². The molecule has 0 amide bonds. The van der Waals surface area contributed by atoms with Crippen molar-refractivity contribution in [3.05, 3.63) is 0 Å². The zero-order chi connectivity index (χ0) is 11.9. The minimum atomic E-state index is 0.289. The lowest BCUT2D eigenvalue weighted by Crippen LogP contribution is -2.36. The molecule has 96 valence electrons. The van der Waals surface area contributed by atoms with Crippen LogP contribution < -0.4 is 5.32 Å². The van der Waals surface area contributed by atoms with Crippen molar-refractivity contribution in [1.29, 1.82) is 0 Å². The van der Waals surface area contributed by atoms with Gasteiger partial charge in [-0.05, 0) is 70.4 Å². The Morgan fingerprint density at radius 2 is 1.81 bits per heavy atom. The van der Waals surface area contributed by atoms with Crippen LogP contribution in [0.25, 0.3) is 0 Å². The summed E-state index contributed by atoms with van der Waals surface area (Å²) < 4.78 is 0. The minimum Gasteiger partial charge on any atom is -0.312 e. The van der Waals surface area contributed by atoms with E-state index in [0.717, 1.165) is 5.92 Å². The van der Waals surface area contributed by atoms with Gasteiger partial charge in [-0.1, -0.05) is 12.8 Å². The molecule has 0 radical (unpaired) electrons. The number of unbranched alkanes of at least 4 members (excludes halogenated alkanes) is 1. The fourth-order valence-corrected chi connectivity index (χ4v) is 3.46. The summed E-state index contributed by atoms with van der Waals surface area (Å²) in [7, 11) is 0. The molecule has 0 bridgehead atoms. The number of hydrogen-bond donors (Lipinski definition) is 1. The number of thioether (sulfide) groups is 1. The van der Waals surface area contributed by atoms with Crippen molar-refractivity contribution in [1.82, 2.24) is 5.32 Å². The molecule has 0 saturated heterocycles. The Morgan fingerprint density at radius 1 is 1.12 bits per heavy atom. The van der Waals surface area contributed by atoms with E-state index in [9.17, 15) is 0 Å². The number of nitrogens with one attached hydrogen (secondary N) is 1. The summed E-state index contributed by atoms with van der Waals surface area (Å²) in [5.41, 5.74) is 0.289. The summed E-state index contributed by atoms with van der Waals surface area (Å²) in [5, 5.41) is 3.54. The Labute approximate surface area is 106 Å². The Balaban J connectivity index is 1.81. The Hall–Kier alpha value is 0.310. The lowest BCUT2D eigenvalue weighted by molar-refractivity contribution is 0.421. The van der Waals surface area contributed by atoms with Gasteiger partial charge in [0.2, 0.25) is 0 Å². The molecule has 0 aliphatic heterocycles. The normalized spacial score (nSPS) is 18.2. The molecule has 0 aromatic carbocycles. The van der Waals surface area contributed by atoms with E-state index in [1.54, 1.807) is 0 Å². The van der Waals surface area contributed by atoms with Crippen molar-refractivity contribution in [3.8, 4) is 0 Å². The number of hydrogen-bond acceptors (Lipinski definition) is 2. The van der Waals surface area contributed by atoms with Gasteiger partial charge in [0.25, 0.3) is 0 Å². The van der Waals surface area contributed by atoms with E-state index < -0.39 is 0 Å². The second kappa shape index (κ2) is 7.60. The standard InChI is InChI=1S/C14H29NS/c1-14(2,3)15-10-6-7-11-16-12-13-8-4-5-9-13/h13,15H,4-12H2,1-3H3. The molecule has 0 unspecified atom stereocenters. The van der Waals surface area contributed by atoms with E-state index in [2.05, 4.69) is 37.8 Å². The van der Waals surface area contributed by atoms with Gasteiger partial charge in [-0.25, -0.2) is 0 Å². The first kappa shape index (κ1) is 14.4. The van der Waals surface area contributed by atoms with Crippen LogP contribution in [0.2, 0.25) is 0 Å². The highest BCUT2D eigenvalue weighted by Crippen LogP contribution is 2.27. The predicted octanol–water partition coefficient (Wildman–Crippen LogP) is 4.08. The van der Waals surface area contributed by atoms with Crippen molar-refractivity contribution in [2.45, 2.75) is 64.8 Å². The van der Waals surface area contributed by atoms with E-state index in [0.29, 0.717) is 0 Å². The van der Waals surface area contributed by atoms with Gasteiger partial charge >= 0.3 is 0 Å². The molecule has 1 aliphatic rings. The molecule has 2 heteroatoms. The van der Waals surface area contributed by atoms with Crippen LogP contribution in [0.5, 0.6) is 0 Å². The van der Waals surface area contributed by atoms with Crippen LogP contribution in [-0.2, 0) is 0 Å². The fraction of sp³-hybridized carbons (Fsp3) is 1.00. The topological polar surface area (TPSA) is 12.0 Å². The van der Waals surface area contributed by atoms with Gasteiger partial charge in [0, 0.05) is 5.54 Å². The minimum absolute atomic E-state index is 0.289. The maximum Gasteiger partial charge on any atom is 0.00965 e. The Morgan fingerprint density at radius 3 is 2.44 bits per heavy atom. The maximum absolute atomic E-state index is 3.54. The second-order valence-corrected chi connectivity index (χ2v) is 7.26. The number of rotatable bonds is 7. The highest BCUT2D eigenvalue weighted by atomic mass is 32.2. The molecular weight excluding hydrogens is 214 g/mol. The third-order valence-electron chi connectivity index (χ3n) is 3.20. The largest absolute Gasteiger partial charge is 0.312 e. The average Bonchev–Trinajstić information content (AvgIpc) is 2.67. The Kier molecular flexibility index (Phi) is 6.83. The van der Waals surface area contributed by atoms with E-state index in [4.69, 9.17) is 0 Å².